The van der Waals surface area contributed by atoms with E-state index in [9.17, 15) is 18.4 Å². The number of carbonyl (C=O) groups excluding carboxylic acids is 2. The fourth-order valence-electron chi connectivity index (χ4n) is 2.61. The summed E-state index contributed by atoms with van der Waals surface area (Å²) in [6.45, 7) is 8.89. The molecular formula is C27H44F2N4O5. The maximum atomic E-state index is 11.9. The van der Waals surface area contributed by atoms with Gasteiger partial charge in [-0.15, -0.1) is 0 Å². The highest BCUT2D eigenvalue weighted by atomic mass is 19.2. The number of benzene rings is 1. The highest BCUT2D eigenvalue weighted by Gasteiger charge is 2.28. The molecule has 0 saturated carbocycles. The molecule has 2 aromatic rings. The number of ether oxygens (including phenoxy) is 3. The first-order chi connectivity index (χ1) is 18.3. The number of nitrogens with zero attached hydrogens (tertiary/aromatic N) is 1. The van der Waals surface area contributed by atoms with E-state index in [0.717, 1.165) is 38.1 Å². The Morgan fingerprint density at radius 2 is 1.76 bits per heavy atom. The van der Waals surface area contributed by atoms with Crippen LogP contribution in [0.1, 0.15) is 44.1 Å². The number of aldehydes is 1. The maximum Gasteiger partial charge on any atom is 0.253 e. The van der Waals surface area contributed by atoms with Crippen molar-refractivity contribution in [2.75, 3.05) is 52.9 Å². The average Bonchev–Trinajstić information content (AvgIpc) is 3.37. The van der Waals surface area contributed by atoms with Crippen molar-refractivity contribution in [2.45, 2.75) is 45.8 Å². The molecule has 1 fully saturated rings. The van der Waals surface area contributed by atoms with Gasteiger partial charge in [0.1, 0.15) is 11.8 Å². The predicted molar refractivity (Wildman–Crippen MR) is 146 cm³/mol. The lowest BCUT2D eigenvalue weighted by atomic mass is 10.2. The average molecular weight is 543 g/mol. The van der Waals surface area contributed by atoms with Gasteiger partial charge in [-0.3, -0.25) is 14.6 Å². The summed E-state index contributed by atoms with van der Waals surface area (Å²) >= 11 is 0. The monoisotopic (exact) mass is 542 g/mol. The Morgan fingerprint density at radius 3 is 2.21 bits per heavy atom. The van der Waals surface area contributed by atoms with Gasteiger partial charge in [-0.2, -0.15) is 0 Å². The number of hydrogen-bond donors (Lipinski definition) is 3. The van der Waals surface area contributed by atoms with Crippen LogP contribution in [0, 0.1) is 11.6 Å². The van der Waals surface area contributed by atoms with Gasteiger partial charge in [0.05, 0.1) is 19.3 Å². The van der Waals surface area contributed by atoms with Gasteiger partial charge in [-0.25, -0.2) is 8.78 Å². The van der Waals surface area contributed by atoms with E-state index in [1.807, 2.05) is 27.8 Å². The number of likely N-dealkylation sites (N-methyl/N-ethyl adjacent to an activating group) is 1. The normalized spacial score (nSPS) is 15.1. The fourth-order valence-corrected chi connectivity index (χ4v) is 2.61. The summed E-state index contributed by atoms with van der Waals surface area (Å²) in [5.74, 6) is -1.77. The number of rotatable bonds is 8. The van der Waals surface area contributed by atoms with Crippen LogP contribution in [0.5, 0.6) is 0 Å². The minimum absolute atomic E-state index is 0.133. The number of aromatic nitrogens is 1. The number of nitrogens with one attached hydrogen (secondary N) is 2. The van der Waals surface area contributed by atoms with E-state index < -0.39 is 17.7 Å². The van der Waals surface area contributed by atoms with Crippen molar-refractivity contribution in [1.82, 2.24) is 10.3 Å². The molecule has 2 unspecified atom stereocenters. The largest absolute Gasteiger partial charge is 0.388 e. The molecular weight excluding hydrogens is 498 g/mol. The summed E-state index contributed by atoms with van der Waals surface area (Å²) in [6.07, 6.45) is 3.50. The molecule has 0 bridgehead atoms. The summed E-state index contributed by atoms with van der Waals surface area (Å²) < 4.78 is 38.6. The zero-order valence-electron chi connectivity index (χ0n) is 23.3. The van der Waals surface area contributed by atoms with Gasteiger partial charge < -0.3 is 30.6 Å². The van der Waals surface area contributed by atoms with Crippen molar-refractivity contribution in [2.24, 2.45) is 5.73 Å². The molecule has 38 heavy (non-hydrogen) atoms. The lowest BCUT2D eigenvalue weighted by Gasteiger charge is -2.11. The summed E-state index contributed by atoms with van der Waals surface area (Å²) in [5, 5.41) is 5.68. The number of carbonyl (C=O) groups is 2. The first-order valence-corrected chi connectivity index (χ1v) is 12.4. The van der Waals surface area contributed by atoms with Crippen molar-refractivity contribution in [3.8, 4) is 0 Å². The SMILES string of the molecule is CC.CC1CCC(C(=O)Nc2ccnc(C=O)c2)O1.CNCCOCCN.COC.Fc1ccccc1F. The summed E-state index contributed by atoms with van der Waals surface area (Å²) in [5.41, 5.74) is 6.03. The van der Waals surface area contributed by atoms with Gasteiger partial charge in [-0.05, 0) is 51.1 Å². The van der Waals surface area contributed by atoms with Crippen LogP contribution in [-0.4, -0.2) is 77.0 Å². The third kappa shape index (κ3) is 19.3. The number of hydrogen-bond acceptors (Lipinski definition) is 8. The van der Waals surface area contributed by atoms with E-state index in [1.165, 1.54) is 24.4 Å². The van der Waals surface area contributed by atoms with Crippen LogP contribution in [-0.2, 0) is 19.0 Å². The molecule has 216 valence electrons. The second-order valence-electron chi connectivity index (χ2n) is 7.42. The predicted octanol–water partition coefficient (Wildman–Crippen LogP) is 3.83. The van der Waals surface area contributed by atoms with E-state index in [4.69, 9.17) is 15.2 Å². The van der Waals surface area contributed by atoms with Crippen molar-refractivity contribution < 1.29 is 32.6 Å². The highest BCUT2D eigenvalue weighted by Crippen LogP contribution is 2.20. The molecule has 9 nitrogen and oxygen atoms in total. The lowest BCUT2D eigenvalue weighted by Crippen LogP contribution is -2.27. The molecule has 1 aliphatic heterocycles. The van der Waals surface area contributed by atoms with E-state index >= 15 is 0 Å². The molecule has 4 N–H and O–H groups in total. The van der Waals surface area contributed by atoms with Gasteiger partial charge in [0.15, 0.2) is 17.9 Å². The molecule has 1 aromatic heterocycles. The number of anilines is 1. The standard InChI is InChI=1S/C12H14N2O3.C6H4F2.C5H14N2O.C2H6O.C2H6/c1-8-2-3-11(17-8)12(16)14-9-4-5-13-10(6-9)7-15;7-5-3-1-2-4-6(5)8;1-7-3-5-8-4-2-6;1-3-2;1-2/h4-8,11H,2-3H2,1H3,(H,13,14,16);1-4H;7H,2-6H2,1H3;1-2H3;1-2H3. The number of methoxy groups -OCH3 is 1. The van der Waals surface area contributed by atoms with Crippen LogP contribution in [0.2, 0.25) is 0 Å². The van der Waals surface area contributed by atoms with Crippen LogP contribution in [0.4, 0.5) is 14.5 Å². The summed E-state index contributed by atoms with van der Waals surface area (Å²) in [6, 6.07) is 8.22. The van der Waals surface area contributed by atoms with E-state index in [1.54, 1.807) is 20.3 Å². The Kier molecular flexibility index (Phi) is 25.3. The Labute approximate surface area is 225 Å². The van der Waals surface area contributed by atoms with Gasteiger partial charge in [0.2, 0.25) is 0 Å². The van der Waals surface area contributed by atoms with Gasteiger partial charge in [0.25, 0.3) is 5.91 Å². The molecule has 0 radical (unpaired) electrons. The van der Waals surface area contributed by atoms with E-state index in [2.05, 4.69) is 20.4 Å². The molecule has 2 atom stereocenters. The minimum Gasteiger partial charge on any atom is -0.388 e. The Balaban J connectivity index is 0. The van der Waals surface area contributed by atoms with Crippen LogP contribution < -0.4 is 16.4 Å². The third-order valence-corrected chi connectivity index (χ3v) is 4.28. The second kappa shape index (κ2) is 25.8. The van der Waals surface area contributed by atoms with E-state index in [0.29, 0.717) is 30.8 Å². The van der Waals surface area contributed by atoms with Crippen LogP contribution in [0.15, 0.2) is 42.6 Å². The smallest absolute Gasteiger partial charge is 0.253 e. The molecule has 1 saturated heterocycles. The van der Waals surface area contributed by atoms with Crippen molar-refractivity contribution in [1.29, 1.82) is 0 Å². The molecule has 11 heteroatoms. The van der Waals surface area contributed by atoms with Crippen molar-refractivity contribution >= 4 is 17.9 Å². The first kappa shape index (κ1) is 37.3. The zero-order chi connectivity index (χ0) is 29.2. The second-order valence-corrected chi connectivity index (χ2v) is 7.42. The molecule has 2 heterocycles. The fraction of sp³-hybridized carbons (Fsp3) is 0.519. The highest BCUT2D eigenvalue weighted by molar-refractivity contribution is 5.94. The van der Waals surface area contributed by atoms with Gasteiger partial charge in [-0.1, -0.05) is 26.0 Å². The summed E-state index contributed by atoms with van der Waals surface area (Å²) in [4.78, 5) is 26.2. The third-order valence-electron chi connectivity index (χ3n) is 4.28. The Morgan fingerprint density at radius 1 is 1.16 bits per heavy atom. The Hall–Kier alpha value is -2.83. The lowest BCUT2D eigenvalue weighted by molar-refractivity contribution is -0.126. The minimum atomic E-state index is -0.799. The van der Waals surface area contributed by atoms with Crippen molar-refractivity contribution in [3.63, 3.8) is 0 Å². The van der Waals surface area contributed by atoms with E-state index in [-0.39, 0.29) is 12.0 Å². The number of amides is 1. The molecule has 1 aromatic carbocycles. The van der Waals surface area contributed by atoms with Gasteiger partial charge in [0, 0.05) is 39.2 Å². The van der Waals surface area contributed by atoms with Gasteiger partial charge >= 0.3 is 0 Å². The molecule has 3 rings (SSSR count). The van der Waals surface area contributed by atoms with Crippen LogP contribution in [0.3, 0.4) is 0 Å². The zero-order valence-corrected chi connectivity index (χ0v) is 23.3. The first-order valence-electron chi connectivity index (χ1n) is 12.4. The van der Waals surface area contributed by atoms with Crippen LogP contribution >= 0.6 is 0 Å². The molecule has 0 spiro atoms. The van der Waals surface area contributed by atoms with Crippen molar-refractivity contribution in [3.05, 3.63) is 59.9 Å². The maximum absolute atomic E-state index is 11.9. The summed E-state index contributed by atoms with van der Waals surface area (Å²) in [7, 11) is 5.14. The molecule has 1 amide bonds. The van der Waals surface area contributed by atoms with Crippen LogP contribution in [0.25, 0.3) is 0 Å². The molecule has 0 aliphatic carbocycles. The quantitative estimate of drug-likeness (QED) is 0.340. The topological polar surface area (TPSA) is 125 Å². The number of nitrogens with two attached hydrogens (primary N) is 1. The Bertz CT molecular complexity index is 835. The number of halogens is 2. The number of pyridine rings is 1. The molecule has 1 aliphatic rings.